The lowest BCUT2D eigenvalue weighted by Gasteiger charge is -2.14. The number of aryl methyl sites for hydroxylation is 2. The van der Waals surface area contributed by atoms with Crippen LogP contribution in [0.15, 0.2) is 35.5 Å². The third kappa shape index (κ3) is 6.42. The van der Waals surface area contributed by atoms with E-state index in [1.807, 2.05) is 12.3 Å². The summed E-state index contributed by atoms with van der Waals surface area (Å²) in [7, 11) is 2.13. The fourth-order valence-electron chi connectivity index (χ4n) is 2.78. The van der Waals surface area contributed by atoms with Crippen LogP contribution in [0.25, 0.3) is 0 Å². The van der Waals surface area contributed by atoms with Crippen molar-refractivity contribution in [2.24, 2.45) is 4.99 Å². The van der Waals surface area contributed by atoms with E-state index in [-0.39, 0.29) is 0 Å². The fraction of sp³-hybridized carbons (Fsp3) is 0.450. The van der Waals surface area contributed by atoms with Gasteiger partial charge in [-0.15, -0.1) is 11.8 Å². The van der Waals surface area contributed by atoms with Gasteiger partial charge in [-0.2, -0.15) is 0 Å². The van der Waals surface area contributed by atoms with Crippen LogP contribution in [0, 0.1) is 13.8 Å². The van der Waals surface area contributed by atoms with E-state index < -0.39 is 0 Å². The Bertz CT molecular complexity index is 724. The number of likely N-dealkylation sites (N-methyl/N-ethyl adjacent to an activating group) is 1. The molecule has 140 valence electrons. The first-order chi connectivity index (χ1) is 12.5. The molecule has 1 heterocycles. The number of nitrogens with one attached hydrogen (secondary N) is 1. The molecule has 0 aliphatic rings. The normalized spacial score (nSPS) is 11.8. The molecule has 5 nitrogen and oxygen atoms in total. The molecule has 0 unspecified atom stereocenters. The molecule has 0 atom stereocenters. The summed E-state index contributed by atoms with van der Waals surface area (Å²) in [5.74, 6) is 0.595. The first kappa shape index (κ1) is 20.4. The van der Waals surface area contributed by atoms with Crippen molar-refractivity contribution in [3.05, 3.63) is 47.3 Å². The van der Waals surface area contributed by atoms with Gasteiger partial charge in [0.15, 0.2) is 0 Å². The third-order valence-corrected chi connectivity index (χ3v) is 4.61. The maximum absolute atomic E-state index is 4.73. The molecule has 1 N–H and O–H groups in total. The van der Waals surface area contributed by atoms with E-state index in [2.05, 4.69) is 66.2 Å². The molecule has 26 heavy (non-hydrogen) atoms. The lowest BCUT2D eigenvalue weighted by Crippen LogP contribution is -2.22. The largest absolute Gasteiger partial charge is 0.324 e. The average molecular weight is 372 g/mol. The minimum atomic E-state index is 0.595. The van der Waals surface area contributed by atoms with Crippen LogP contribution in [0.1, 0.15) is 30.2 Å². The highest BCUT2D eigenvalue weighted by molar-refractivity contribution is 8.13. The van der Waals surface area contributed by atoms with E-state index >= 15 is 0 Å². The highest BCUT2D eigenvalue weighted by Gasteiger charge is 2.07. The molecule has 0 amide bonds. The Morgan fingerprint density at radius 2 is 1.92 bits per heavy atom. The van der Waals surface area contributed by atoms with Crippen molar-refractivity contribution in [2.75, 3.05) is 38.3 Å². The molecular formula is C20H29N5S. The summed E-state index contributed by atoms with van der Waals surface area (Å²) < 4.78 is 0. The van der Waals surface area contributed by atoms with Crippen molar-refractivity contribution in [2.45, 2.75) is 27.2 Å². The van der Waals surface area contributed by atoms with Crippen LogP contribution >= 0.6 is 11.8 Å². The maximum atomic E-state index is 4.73. The Labute approximate surface area is 161 Å². The first-order valence-electron chi connectivity index (χ1n) is 8.97. The molecule has 0 radical (unpaired) electrons. The molecule has 1 aromatic carbocycles. The summed E-state index contributed by atoms with van der Waals surface area (Å²) in [5.41, 5.74) is 4.29. The molecule has 0 aliphatic carbocycles. The van der Waals surface area contributed by atoms with Crippen molar-refractivity contribution < 1.29 is 0 Å². The van der Waals surface area contributed by atoms with Crippen LogP contribution in [0.2, 0.25) is 0 Å². The van der Waals surface area contributed by atoms with Gasteiger partial charge in [-0.3, -0.25) is 4.99 Å². The molecule has 2 rings (SSSR count). The summed E-state index contributed by atoms with van der Waals surface area (Å²) in [5, 5.41) is 4.25. The van der Waals surface area contributed by atoms with Crippen LogP contribution in [-0.2, 0) is 0 Å². The first-order valence-corrected chi connectivity index (χ1v) is 10.2. The monoisotopic (exact) mass is 371 g/mol. The SMILES string of the molecule is CCCN(C)CCN=C(SC)c1ccnc(Nc2cc(C)cc(C)c2)n1. The summed E-state index contributed by atoms with van der Waals surface area (Å²) in [4.78, 5) is 16.0. The number of hydrogen-bond donors (Lipinski definition) is 1. The van der Waals surface area contributed by atoms with Gasteiger partial charge < -0.3 is 10.2 Å². The van der Waals surface area contributed by atoms with E-state index in [4.69, 9.17) is 4.99 Å². The molecule has 1 aromatic heterocycles. The molecule has 0 bridgehead atoms. The second-order valence-electron chi connectivity index (χ2n) is 6.46. The van der Waals surface area contributed by atoms with Crippen molar-refractivity contribution in [1.82, 2.24) is 14.9 Å². The highest BCUT2D eigenvalue weighted by Crippen LogP contribution is 2.18. The predicted octanol–water partition coefficient (Wildman–Crippen LogP) is 4.29. The Morgan fingerprint density at radius 3 is 2.58 bits per heavy atom. The van der Waals surface area contributed by atoms with E-state index in [1.54, 1.807) is 18.0 Å². The van der Waals surface area contributed by atoms with Gasteiger partial charge in [0, 0.05) is 18.4 Å². The number of thioether (sulfide) groups is 1. The molecule has 0 spiro atoms. The minimum Gasteiger partial charge on any atom is -0.324 e. The van der Waals surface area contributed by atoms with E-state index in [0.29, 0.717) is 5.95 Å². The lowest BCUT2D eigenvalue weighted by atomic mass is 10.1. The number of anilines is 2. The number of rotatable bonds is 8. The Hall–Kier alpha value is -1.92. The molecule has 0 saturated carbocycles. The van der Waals surface area contributed by atoms with Crippen LogP contribution < -0.4 is 5.32 Å². The quantitative estimate of drug-likeness (QED) is 0.554. The molecule has 0 fully saturated rings. The van der Waals surface area contributed by atoms with E-state index in [0.717, 1.165) is 42.5 Å². The van der Waals surface area contributed by atoms with E-state index in [1.165, 1.54) is 11.1 Å². The molecular weight excluding hydrogens is 342 g/mol. The van der Waals surface area contributed by atoms with Gasteiger partial charge in [0.2, 0.25) is 5.95 Å². The van der Waals surface area contributed by atoms with Gasteiger partial charge in [0.05, 0.1) is 6.54 Å². The minimum absolute atomic E-state index is 0.595. The number of hydrogen-bond acceptors (Lipinski definition) is 6. The lowest BCUT2D eigenvalue weighted by molar-refractivity contribution is 0.344. The van der Waals surface area contributed by atoms with Gasteiger partial charge in [0.25, 0.3) is 0 Å². The molecule has 2 aromatic rings. The summed E-state index contributed by atoms with van der Waals surface area (Å²) in [6.45, 7) is 9.19. The summed E-state index contributed by atoms with van der Waals surface area (Å²) in [6.07, 6.45) is 4.98. The second kappa shape index (κ2) is 10.3. The van der Waals surface area contributed by atoms with E-state index in [9.17, 15) is 0 Å². The number of nitrogens with zero attached hydrogens (tertiary/aromatic N) is 4. The molecule has 0 aliphatic heterocycles. The zero-order valence-corrected chi connectivity index (χ0v) is 17.2. The fourth-order valence-corrected chi connectivity index (χ4v) is 3.32. The Balaban J connectivity index is 2.10. The Morgan fingerprint density at radius 1 is 1.19 bits per heavy atom. The highest BCUT2D eigenvalue weighted by atomic mass is 32.2. The van der Waals surface area contributed by atoms with Crippen LogP contribution in [-0.4, -0.2) is 52.8 Å². The topological polar surface area (TPSA) is 53.4 Å². The zero-order valence-electron chi connectivity index (χ0n) is 16.4. The van der Waals surface area contributed by atoms with Crippen molar-refractivity contribution in [3.8, 4) is 0 Å². The van der Waals surface area contributed by atoms with Crippen LogP contribution in [0.5, 0.6) is 0 Å². The average Bonchev–Trinajstić information content (AvgIpc) is 2.58. The standard InChI is InChI=1S/C20H29N5S/c1-6-10-25(4)11-9-21-19(26-5)18-7-8-22-20(24-18)23-17-13-15(2)12-16(3)14-17/h7-8,12-14H,6,9-11H2,1-5H3,(H,22,23,24). The van der Waals surface area contributed by atoms with Gasteiger partial charge in [-0.25, -0.2) is 9.97 Å². The summed E-state index contributed by atoms with van der Waals surface area (Å²) in [6, 6.07) is 8.25. The van der Waals surface area contributed by atoms with Crippen molar-refractivity contribution in [1.29, 1.82) is 0 Å². The number of aromatic nitrogens is 2. The molecule has 6 heteroatoms. The van der Waals surface area contributed by atoms with Crippen LogP contribution in [0.3, 0.4) is 0 Å². The van der Waals surface area contributed by atoms with Gasteiger partial charge in [0.1, 0.15) is 10.7 Å². The van der Waals surface area contributed by atoms with Crippen LogP contribution in [0.4, 0.5) is 11.6 Å². The second-order valence-corrected chi connectivity index (χ2v) is 7.26. The van der Waals surface area contributed by atoms with Crippen molar-refractivity contribution in [3.63, 3.8) is 0 Å². The number of aliphatic imine (C=N–C) groups is 1. The van der Waals surface area contributed by atoms with Crippen molar-refractivity contribution >= 4 is 28.4 Å². The van der Waals surface area contributed by atoms with Gasteiger partial charge >= 0.3 is 0 Å². The van der Waals surface area contributed by atoms with Gasteiger partial charge in [-0.1, -0.05) is 13.0 Å². The van der Waals surface area contributed by atoms with Gasteiger partial charge in [-0.05, 0) is 69.4 Å². The number of benzene rings is 1. The zero-order chi connectivity index (χ0) is 18.9. The maximum Gasteiger partial charge on any atom is 0.227 e. The summed E-state index contributed by atoms with van der Waals surface area (Å²) >= 11 is 1.62. The smallest absolute Gasteiger partial charge is 0.227 e. The predicted molar refractivity (Wildman–Crippen MR) is 114 cm³/mol. The Kier molecular flexibility index (Phi) is 8.06. The third-order valence-electron chi connectivity index (χ3n) is 3.89. The molecule has 0 saturated heterocycles.